The molecule has 0 saturated carbocycles. The predicted octanol–water partition coefficient (Wildman–Crippen LogP) is 4.08. The molecule has 1 heterocycles. The molecule has 1 aromatic heterocycles. The Morgan fingerprint density at radius 1 is 1.60 bits per heavy atom. The fourth-order valence-corrected chi connectivity index (χ4v) is 3.96. The van der Waals surface area contributed by atoms with Crippen molar-refractivity contribution in [2.24, 2.45) is 0 Å². The molecule has 0 saturated heterocycles. The van der Waals surface area contributed by atoms with Gasteiger partial charge in [-0.05, 0) is 47.1 Å². The van der Waals surface area contributed by atoms with Gasteiger partial charge in [0, 0.05) is 27.7 Å². The monoisotopic (exact) mass is 307 g/mol. The van der Waals surface area contributed by atoms with Crippen LogP contribution in [-0.4, -0.2) is 30.0 Å². The number of thioether (sulfide) groups is 1. The molecular formula is C11H18BrNS2. The highest BCUT2D eigenvalue weighted by Gasteiger charge is 2.13. The Morgan fingerprint density at radius 3 is 2.80 bits per heavy atom. The molecule has 0 N–H and O–H groups in total. The fraction of sp³-hybridized carbons (Fsp3) is 0.636. The molecule has 86 valence electrons. The van der Waals surface area contributed by atoms with Crippen molar-refractivity contribution in [2.75, 3.05) is 19.1 Å². The van der Waals surface area contributed by atoms with Crippen LogP contribution >= 0.6 is 39.0 Å². The molecule has 1 rings (SSSR count). The van der Waals surface area contributed by atoms with Crippen LogP contribution in [0.15, 0.2) is 15.9 Å². The molecule has 0 radical (unpaired) electrons. The van der Waals surface area contributed by atoms with Gasteiger partial charge in [0.1, 0.15) is 0 Å². The zero-order valence-corrected chi connectivity index (χ0v) is 12.7. The van der Waals surface area contributed by atoms with Gasteiger partial charge in [-0.25, -0.2) is 0 Å². The second kappa shape index (κ2) is 6.94. The molecule has 0 spiro atoms. The molecule has 0 aliphatic rings. The minimum Gasteiger partial charge on any atom is -0.297 e. The van der Waals surface area contributed by atoms with Crippen LogP contribution in [0, 0.1) is 0 Å². The van der Waals surface area contributed by atoms with E-state index in [1.54, 1.807) is 0 Å². The SMILES string of the molecule is CCC(CSC)N(C)Cc1sccc1Br. The maximum atomic E-state index is 3.58. The van der Waals surface area contributed by atoms with Crippen molar-refractivity contribution in [1.82, 2.24) is 4.90 Å². The predicted molar refractivity (Wildman–Crippen MR) is 75.9 cm³/mol. The summed E-state index contributed by atoms with van der Waals surface area (Å²) in [6.45, 7) is 3.32. The van der Waals surface area contributed by atoms with Crippen molar-refractivity contribution in [2.45, 2.75) is 25.9 Å². The summed E-state index contributed by atoms with van der Waals surface area (Å²) in [6.07, 6.45) is 3.40. The number of hydrogen-bond acceptors (Lipinski definition) is 3. The first-order chi connectivity index (χ1) is 7.19. The summed E-state index contributed by atoms with van der Waals surface area (Å²) in [5.41, 5.74) is 0. The first kappa shape index (κ1) is 13.6. The molecule has 1 unspecified atom stereocenters. The van der Waals surface area contributed by atoms with E-state index < -0.39 is 0 Å². The molecule has 1 nitrogen and oxygen atoms in total. The van der Waals surface area contributed by atoms with Crippen LogP contribution in [0.3, 0.4) is 0 Å². The van der Waals surface area contributed by atoms with Gasteiger partial charge in [-0.1, -0.05) is 6.92 Å². The quantitative estimate of drug-likeness (QED) is 0.779. The molecule has 0 amide bonds. The number of thiophene rings is 1. The Morgan fingerprint density at radius 2 is 2.33 bits per heavy atom. The van der Waals surface area contributed by atoms with Crippen molar-refractivity contribution < 1.29 is 0 Å². The molecule has 0 bridgehead atoms. The van der Waals surface area contributed by atoms with Gasteiger partial charge in [-0.3, -0.25) is 4.90 Å². The minimum absolute atomic E-state index is 0.689. The van der Waals surface area contributed by atoms with Crippen LogP contribution in [0.1, 0.15) is 18.2 Å². The van der Waals surface area contributed by atoms with Gasteiger partial charge in [0.05, 0.1) is 0 Å². The molecule has 0 aromatic carbocycles. The average Bonchev–Trinajstić information content (AvgIpc) is 2.60. The van der Waals surface area contributed by atoms with Crippen LogP contribution in [0.5, 0.6) is 0 Å². The van der Waals surface area contributed by atoms with Gasteiger partial charge in [0.25, 0.3) is 0 Å². The van der Waals surface area contributed by atoms with Crippen molar-refractivity contribution in [1.29, 1.82) is 0 Å². The molecule has 1 aromatic rings. The van der Waals surface area contributed by atoms with E-state index >= 15 is 0 Å². The molecule has 0 fully saturated rings. The Labute approximate surface area is 109 Å². The topological polar surface area (TPSA) is 3.24 Å². The molecular weight excluding hydrogens is 290 g/mol. The Balaban J connectivity index is 2.53. The van der Waals surface area contributed by atoms with E-state index in [2.05, 4.69) is 52.5 Å². The van der Waals surface area contributed by atoms with Crippen LogP contribution in [0.2, 0.25) is 0 Å². The van der Waals surface area contributed by atoms with Crippen LogP contribution < -0.4 is 0 Å². The molecule has 4 heteroatoms. The van der Waals surface area contributed by atoms with Crippen molar-refractivity contribution in [3.8, 4) is 0 Å². The van der Waals surface area contributed by atoms with Gasteiger partial charge in [0.15, 0.2) is 0 Å². The lowest BCUT2D eigenvalue weighted by atomic mass is 10.2. The number of nitrogens with zero attached hydrogens (tertiary/aromatic N) is 1. The zero-order chi connectivity index (χ0) is 11.3. The maximum absolute atomic E-state index is 3.58. The summed E-state index contributed by atoms with van der Waals surface area (Å²) in [7, 11) is 2.22. The van der Waals surface area contributed by atoms with E-state index in [0.29, 0.717) is 6.04 Å². The number of halogens is 1. The summed E-state index contributed by atoms with van der Waals surface area (Å²) in [5, 5.41) is 2.14. The molecule has 0 aliphatic heterocycles. The highest BCUT2D eigenvalue weighted by Crippen LogP contribution is 2.25. The third-order valence-corrected chi connectivity index (χ3v) is 5.17. The summed E-state index contributed by atoms with van der Waals surface area (Å²) >= 11 is 7.34. The van der Waals surface area contributed by atoms with Gasteiger partial charge in [0.2, 0.25) is 0 Å². The maximum Gasteiger partial charge on any atom is 0.0339 e. The van der Waals surface area contributed by atoms with E-state index in [-0.39, 0.29) is 0 Å². The largest absolute Gasteiger partial charge is 0.297 e. The van der Waals surface area contributed by atoms with Gasteiger partial charge >= 0.3 is 0 Å². The zero-order valence-electron chi connectivity index (χ0n) is 9.50. The summed E-state index contributed by atoms with van der Waals surface area (Å²) < 4.78 is 1.25. The Kier molecular flexibility index (Phi) is 6.27. The van der Waals surface area contributed by atoms with E-state index in [0.717, 1.165) is 6.54 Å². The van der Waals surface area contributed by atoms with E-state index in [1.165, 1.54) is 21.5 Å². The summed E-state index contributed by atoms with van der Waals surface area (Å²) in [5.74, 6) is 1.22. The molecule has 15 heavy (non-hydrogen) atoms. The van der Waals surface area contributed by atoms with E-state index in [1.807, 2.05) is 23.1 Å². The van der Waals surface area contributed by atoms with Crippen LogP contribution in [-0.2, 0) is 6.54 Å². The number of rotatable bonds is 6. The average molecular weight is 308 g/mol. The highest BCUT2D eigenvalue weighted by molar-refractivity contribution is 9.10. The molecule has 0 aliphatic carbocycles. The first-order valence-corrected chi connectivity index (χ1v) is 8.16. The van der Waals surface area contributed by atoms with Gasteiger partial charge in [-0.15, -0.1) is 11.3 Å². The molecule has 1 atom stereocenters. The highest BCUT2D eigenvalue weighted by atomic mass is 79.9. The van der Waals surface area contributed by atoms with E-state index in [4.69, 9.17) is 0 Å². The van der Waals surface area contributed by atoms with Crippen molar-refractivity contribution in [3.05, 3.63) is 20.8 Å². The fourth-order valence-electron chi connectivity index (χ4n) is 1.54. The number of hydrogen-bond donors (Lipinski definition) is 0. The standard InChI is InChI=1S/C11H18BrNS2/c1-4-9(8-14-3)13(2)7-11-10(12)5-6-15-11/h5-6,9H,4,7-8H2,1-3H3. The summed E-state index contributed by atoms with van der Waals surface area (Å²) in [6, 6.07) is 2.82. The van der Waals surface area contributed by atoms with Gasteiger partial charge < -0.3 is 0 Å². The second-order valence-electron chi connectivity index (χ2n) is 3.62. The van der Waals surface area contributed by atoms with Crippen molar-refractivity contribution >= 4 is 39.0 Å². The Hall–Kier alpha value is 0.490. The smallest absolute Gasteiger partial charge is 0.0339 e. The minimum atomic E-state index is 0.689. The lowest BCUT2D eigenvalue weighted by Gasteiger charge is -2.26. The van der Waals surface area contributed by atoms with Gasteiger partial charge in [-0.2, -0.15) is 11.8 Å². The van der Waals surface area contributed by atoms with Crippen molar-refractivity contribution in [3.63, 3.8) is 0 Å². The first-order valence-electron chi connectivity index (χ1n) is 5.10. The third kappa shape index (κ3) is 4.10. The lowest BCUT2D eigenvalue weighted by molar-refractivity contribution is 0.249. The third-order valence-electron chi connectivity index (χ3n) is 2.54. The second-order valence-corrected chi connectivity index (χ2v) is 6.39. The lowest BCUT2D eigenvalue weighted by Crippen LogP contribution is -2.32. The van der Waals surface area contributed by atoms with E-state index in [9.17, 15) is 0 Å². The normalized spacial score (nSPS) is 13.4. The van der Waals surface area contributed by atoms with Crippen LogP contribution in [0.4, 0.5) is 0 Å². The summed E-state index contributed by atoms with van der Waals surface area (Å²) in [4.78, 5) is 3.88. The van der Waals surface area contributed by atoms with Crippen LogP contribution in [0.25, 0.3) is 0 Å². The Bertz CT molecular complexity index is 288.